The van der Waals surface area contributed by atoms with Gasteiger partial charge in [0.2, 0.25) is 0 Å². The predicted octanol–water partition coefficient (Wildman–Crippen LogP) is 1.10. The van der Waals surface area contributed by atoms with Gasteiger partial charge in [0.25, 0.3) is 5.91 Å². The van der Waals surface area contributed by atoms with Crippen molar-refractivity contribution in [1.82, 2.24) is 4.90 Å². The summed E-state index contributed by atoms with van der Waals surface area (Å²) in [6, 6.07) is 5.01. The number of hydrogen-bond acceptors (Lipinski definition) is 3. The Kier molecular flexibility index (Phi) is 4.11. The van der Waals surface area contributed by atoms with E-state index in [4.69, 9.17) is 10.8 Å². The van der Waals surface area contributed by atoms with Gasteiger partial charge in [-0.15, -0.1) is 0 Å². The summed E-state index contributed by atoms with van der Waals surface area (Å²) in [7, 11) is 1.64. The lowest BCUT2D eigenvalue weighted by Crippen LogP contribution is -2.29. The maximum Gasteiger partial charge on any atom is 0.253 e. The van der Waals surface area contributed by atoms with E-state index in [9.17, 15) is 4.79 Å². The molecule has 0 saturated carbocycles. The van der Waals surface area contributed by atoms with Crippen molar-refractivity contribution in [1.29, 1.82) is 0 Å². The van der Waals surface area contributed by atoms with E-state index in [0.29, 0.717) is 22.3 Å². The molecule has 0 atom stereocenters. The van der Waals surface area contributed by atoms with Crippen molar-refractivity contribution in [2.45, 2.75) is 0 Å². The molecule has 1 rings (SSSR count). The average Bonchev–Trinajstić information content (AvgIpc) is 2.21. The first-order valence-corrected chi connectivity index (χ1v) is 5.27. The number of halogens is 1. The lowest BCUT2D eigenvalue weighted by molar-refractivity contribution is 0.0767. The van der Waals surface area contributed by atoms with Crippen LogP contribution in [-0.4, -0.2) is 36.1 Å². The minimum Gasteiger partial charge on any atom is -0.398 e. The van der Waals surface area contributed by atoms with E-state index in [1.165, 1.54) is 4.90 Å². The van der Waals surface area contributed by atoms with Gasteiger partial charge in [-0.05, 0) is 34.1 Å². The molecule has 0 aliphatic heterocycles. The molecule has 0 aliphatic rings. The minimum absolute atomic E-state index is 0.0433. The summed E-state index contributed by atoms with van der Waals surface area (Å²) in [4.78, 5) is 13.2. The number of carbonyl (C=O) groups is 1. The third kappa shape index (κ3) is 2.94. The van der Waals surface area contributed by atoms with Crippen molar-refractivity contribution in [3.8, 4) is 0 Å². The average molecular weight is 273 g/mol. The highest BCUT2D eigenvalue weighted by Crippen LogP contribution is 2.20. The second kappa shape index (κ2) is 5.14. The number of carbonyl (C=O) groups excluding carboxylic acids is 1. The van der Waals surface area contributed by atoms with E-state index in [2.05, 4.69) is 15.9 Å². The van der Waals surface area contributed by atoms with E-state index in [1.54, 1.807) is 25.2 Å². The zero-order chi connectivity index (χ0) is 11.4. The highest BCUT2D eigenvalue weighted by molar-refractivity contribution is 9.10. The predicted molar refractivity (Wildman–Crippen MR) is 62.6 cm³/mol. The Bertz CT molecular complexity index is 368. The van der Waals surface area contributed by atoms with Crippen LogP contribution < -0.4 is 5.73 Å². The van der Waals surface area contributed by atoms with Gasteiger partial charge in [0.1, 0.15) is 0 Å². The van der Waals surface area contributed by atoms with Gasteiger partial charge in [-0.25, -0.2) is 0 Å². The summed E-state index contributed by atoms with van der Waals surface area (Å²) >= 11 is 3.26. The first-order chi connectivity index (χ1) is 7.06. The summed E-state index contributed by atoms with van der Waals surface area (Å²) in [5.74, 6) is -0.134. The Morgan fingerprint density at radius 3 is 2.80 bits per heavy atom. The van der Waals surface area contributed by atoms with Crippen LogP contribution in [0.3, 0.4) is 0 Å². The molecular weight excluding hydrogens is 260 g/mol. The highest BCUT2D eigenvalue weighted by atomic mass is 79.9. The zero-order valence-corrected chi connectivity index (χ0v) is 9.99. The van der Waals surface area contributed by atoms with Crippen molar-refractivity contribution in [3.63, 3.8) is 0 Å². The van der Waals surface area contributed by atoms with Crippen molar-refractivity contribution < 1.29 is 9.90 Å². The number of likely N-dealkylation sites (N-methyl/N-ethyl adjacent to an activating group) is 1. The van der Waals surface area contributed by atoms with Crippen LogP contribution in [0.1, 0.15) is 10.4 Å². The fourth-order valence-electron chi connectivity index (χ4n) is 1.13. The molecule has 0 aromatic heterocycles. The molecule has 0 saturated heterocycles. The molecule has 3 N–H and O–H groups in total. The van der Waals surface area contributed by atoms with Gasteiger partial charge in [0, 0.05) is 29.3 Å². The Balaban J connectivity index is 2.87. The van der Waals surface area contributed by atoms with Crippen molar-refractivity contribution >= 4 is 27.5 Å². The molecule has 0 heterocycles. The molecule has 0 bridgehead atoms. The van der Waals surface area contributed by atoms with E-state index >= 15 is 0 Å². The molecule has 0 spiro atoms. The Morgan fingerprint density at radius 2 is 2.27 bits per heavy atom. The molecule has 0 fully saturated rings. The third-order valence-corrected chi connectivity index (χ3v) is 2.72. The summed E-state index contributed by atoms with van der Waals surface area (Å²) in [6.07, 6.45) is 0. The van der Waals surface area contributed by atoms with Gasteiger partial charge in [-0.1, -0.05) is 0 Å². The monoisotopic (exact) mass is 272 g/mol. The molecule has 1 amide bonds. The lowest BCUT2D eigenvalue weighted by Gasteiger charge is -2.15. The number of rotatable bonds is 3. The van der Waals surface area contributed by atoms with Crippen LogP contribution in [0.15, 0.2) is 22.7 Å². The van der Waals surface area contributed by atoms with Gasteiger partial charge in [-0.2, -0.15) is 0 Å². The Hall–Kier alpha value is -1.07. The Morgan fingerprint density at radius 1 is 1.60 bits per heavy atom. The van der Waals surface area contributed by atoms with E-state index in [1.807, 2.05) is 0 Å². The van der Waals surface area contributed by atoms with E-state index in [-0.39, 0.29) is 12.5 Å². The van der Waals surface area contributed by atoms with Crippen LogP contribution in [0.2, 0.25) is 0 Å². The van der Waals surface area contributed by atoms with Gasteiger partial charge < -0.3 is 15.7 Å². The molecular formula is C10H13BrN2O2. The van der Waals surface area contributed by atoms with E-state index in [0.717, 1.165) is 0 Å². The third-order valence-electron chi connectivity index (χ3n) is 2.03. The highest BCUT2D eigenvalue weighted by Gasteiger charge is 2.11. The van der Waals surface area contributed by atoms with Crippen LogP contribution in [0.4, 0.5) is 5.69 Å². The maximum atomic E-state index is 11.8. The second-order valence-electron chi connectivity index (χ2n) is 3.19. The smallest absolute Gasteiger partial charge is 0.253 e. The molecule has 5 heteroatoms. The fraction of sp³-hybridized carbons (Fsp3) is 0.300. The van der Waals surface area contributed by atoms with Crippen LogP contribution in [0.5, 0.6) is 0 Å². The van der Waals surface area contributed by atoms with Crippen molar-refractivity contribution in [2.24, 2.45) is 0 Å². The number of aliphatic hydroxyl groups is 1. The normalized spacial score (nSPS) is 10.1. The summed E-state index contributed by atoms with van der Waals surface area (Å²) in [5, 5.41) is 8.71. The minimum atomic E-state index is -0.134. The van der Waals surface area contributed by atoms with Gasteiger partial charge >= 0.3 is 0 Å². The van der Waals surface area contributed by atoms with Crippen molar-refractivity contribution in [3.05, 3.63) is 28.2 Å². The molecule has 82 valence electrons. The summed E-state index contributed by atoms with van der Waals surface area (Å²) < 4.78 is 0.700. The Labute approximate surface area is 96.8 Å². The fourth-order valence-corrected chi connectivity index (χ4v) is 1.51. The van der Waals surface area contributed by atoms with Crippen LogP contribution in [0, 0.1) is 0 Å². The van der Waals surface area contributed by atoms with Gasteiger partial charge in [0.15, 0.2) is 0 Å². The quantitative estimate of drug-likeness (QED) is 0.810. The molecule has 0 aliphatic carbocycles. The number of anilines is 1. The van der Waals surface area contributed by atoms with Gasteiger partial charge in [0.05, 0.1) is 6.61 Å². The molecule has 1 aromatic rings. The number of nitrogens with two attached hydrogens (primary N) is 1. The number of benzene rings is 1. The topological polar surface area (TPSA) is 66.6 Å². The maximum absolute atomic E-state index is 11.8. The molecule has 0 unspecified atom stereocenters. The zero-order valence-electron chi connectivity index (χ0n) is 8.40. The summed E-state index contributed by atoms with van der Waals surface area (Å²) in [5.41, 5.74) is 6.75. The lowest BCUT2D eigenvalue weighted by atomic mass is 10.2. The van der Waals surface area contributed by atoms with Crippen LogP contribution in [0.25, 0.3) is 0 Å². The number of hydrogen-bond donors (Lipinski definition) is 2. The second-order valence-corrected chi connectivity index (χ2v) is 4.04. The number of nitrogens with zero attached hydrogens (tertiary/aromatic N) is 1. The van der Waals surface area contributed by atoms with Gasteiger partial charge in [-0.3, -0.25) is 4.79 Å². The van der Waals surface area contributed by atoms with Crippen LogP contribution in [-0.2, 0) is 0 Å². The first-order valence-electron chi connectivity index (χ1n) is 4.47. The largest absolute Gasteiger partial charge is 0.398 e. The van der Waals surface area contributed by atoms with Crippen LogP contribution >= 0.6 is 15.9 Å². The standard InChI is InChI=1S/C10H13BrN2O2/c1-13(4-5-14)10(15)7-2-3-9(12)8(11)6-7/h2-3,6,14H,4-5,12H2,1H3. The number of amides is 1. The first kappa shape index (κ1) is 12.0. The van der Waals surface area contributed by atoms with E-state index < -0.39 is 0 Å². The number of nitrogen functional groups attached to an aromatic ring is 1. The number of aliphatic hydroxyl groups excluding tert-OH is 1. The van der Waals surface area contributed by atoms with Crippen molar-refractivity contribution in [2.75, 3.05) is 25.9 Å². The molecule has 1 aromatic carbocycles. The SMILES string of the molecule is CN(CCO)C(=O)c1ccc(N)c(Br)c1. The molecule has 0 radical (unpaired) electrons. The summed E-state index contributed by atoms with van der Waals surface area (Å²) in [6.45, 7) is 0.277. The molecule has 15 heavy (non-hydrogen) atoms. The molecule has 4 nitrogen and oxygen atoms in total.